The Hall–Kier alpha value is -3.04. The molecular formula is C20H25N5O4. The summed E-state index contributed by atoms with van der Waals surface area (Å²) in [6.07, 6.45) is 3.46. The van der Waals surface area contributed by atoms with Gasteiger partial charge in [0, 0.05) is 25.4 Å². The van der Waals surface area contributed by atoms with Gasteiger partial charge >= 0.3 is 5.97 Å². The van der Waals surface area contributed by atoms with Gasteiger partial charge in [-0.25, -0.2) is 9.67 Å². The molecule has 9 nitrogen and oxygen atoms in total. The summed E-state index contributed by atoms with van der Waals surface area (Å²) < 4.78 is 8.08. The van der Waals surface area contributed by atoms with Crippen LogP contribution >= 0.6 is 0 Å². The fourth-order valence-electron chi connectivity index (χ4n) is 2.89. The van der Waals surface area contributed by atoms with Gasteiger partial charge in [-0.15, -0.1) is 0 Å². The number of aromatic nitrogens is 4. The number of carbonyl (C=O) groups excluding carboxylic acids is 1. The van der Waals surface area contributed by atoms with Crippen LogP contribution in [0.4, 0.5) is 0 Å². The van der Waals surface area contributed by atoms with Gasteiger partial charge in [-0.3, -0.25) is 24.1 Å². The summed E-state index contributed by atoms with van der Waals surface area (Å²) in [5.41, 5.74) is 4.46. The Kier molecular flexibility index (Phi) is 5.81. The maximum atomic E-state index is 12.7. The van der Waals surface area contributed by atoms with Gasteiger partial charge in [0.05, 0.1) is 30.1 Å². The number of aryl methyl sites for hydroxylation is 1. The highest BCUT2D eigenvalue weighted by Crippen LogP contribution is 2.13. The van der Waals surface area contributed by atoms with E-state index in [9.17, 15) is 9.59 Å². The van der Waals surface area contributed by atoms with E-state index in [0.717, 1.165) is 5.52 Å². The molecule has 0 aliphatic rings. The predicted octanol–water partition coefficient (Wildman–Crippen LogP) is 1.52. The molecule has 0 aromatic carbocycles. The summed E-state index contributed by atoms with van der Waals surface area (Å²) in [7, 11) is 3.12. The Labute approximate surface area is 168 Å². The zero-order valence-electron chi connectivity index (χ0n) is 17.2. The number of hydrogen-bond donors (Lipinski definition) is 1. The second-order valence-electron chi connectivity index (χ2n) is 7.63. The largest absolute Gasteiger partial charge is 0.468 e. The first-order chi connectivity index (χ1) is 13.7. The number of nitrogens with zero attached hydrogens (tertiary/aromatic N) is 4. The van der Waals surface area contributed by atoms with E-state index in [1.165, 1.54) is 11.8 Å². The summed E-state index contributed by atoms with van der Waals surface area (Å²) in [6, 6.07) is 6.46. The zero-order chi connectivity index (χ0) is 21.2. The Balaban J connectivity index is 1.84. The van der Waals surface area contributed by atoms with Crippen molar-refractivity contribution in [2.75, 3.05) is 7.11 Å². The molecular weight excluding hydrogens is 374 g/mol. The summed E-state index contributed by atoms with van der Waals surface area (Å²) in [6.45, 7) is 5.62. The van der Waals surface area contributed by atoms with E-state index in [0.29, 0.717) is 16.9 Å². The summed E-state index contributed by atoms with van der Waals surface area (Å²) in [5.74, 6) is -0.448. The number of rotatable bonds is 6. The average molecular weight is 399 g/mol. The molecule has 0 fully saturated rings. The van der Waals surface area contributed by atoms with Gasteiger partial charge in [0.1, 0.15) is 6.04 Å². The lowest BCUT2D eigenvalue weighted by Crippen LogP contribution is -2.43. The molecule has 0 spiro atoms. The van der Waals surface area contributed by atoms with Crippen molar-refractivity contribution < 1.29 is 14.4 Å². The van der Waals surface area contributed by atoms with Crippen LogP contribution in [-0.4, -0.2) is 44.1 Å². The van der Waals surface area contributed by atoms with Crippen molar-refractivity contribution in [2.45, 2.75) is 38.8 Å². The van der Waals surface area contributed by atoms with E-state index in [2.05, 4.69) is 15.4 Å². The van der Waals surface area contributed by atoms with Crippen molar-refractivity contribution in [3.05, 3.63) is 52.7 Å². The van der Waals surface area contributed by atoms with Gasteiger partial charge < -0.3 is 4.74 Å². The Bertz CT molecular complexity index is 1060. The Morgan fingerprint density at radius 2 is 2.00 bits per heavy atom. The number of methoxy groups -OCH3 is 1. The third-order valence-electron chi connectivity index (χ3n) is 4.29. The number of hydrogen-bond acceptors (Lipinski definition) is 7. The molecule has 3 rings (SSSR count). The minimum absolute atomic E-state index is 0.217. The lowest BCUT2D eigenvalue weighted by molar-refractivity contribution is -0.153. The molecule has 0 saturated carbocycles. The summed E-state index contributed by atoms with van der Waals surface area (Å²) >= 11 is 0. The SMILES string of the molecule is COC(=O)[C@H](Cc1ccc(-n2c(=O)c3ncccc3n2C)cn1)NOC(C)(C)C. The third kappa shape index (κ3) is 4.52. The van der Waals surface area contributed by atoms with Crippen LogP contribution in [-0.2, 0) is 27.8 Å². The molecule has 1 N–H and O–H groups in total. The molecule has 3 aromatic heterocycles. The predicted molar refractivity (Wildman–Crippen MR) is 108 cm³/mol. The van der Waals surface area contributed by atoms with Crippen molar-refractivity contribution in [1.29, 1.82) is 0 Å². The number of fused-ring (bicyclic) bond motifs is 1. The van der Waals surface area contributed by atoms with Gasteiger partial charge in [0.2, 0.25) is 0 Å². The molecule has 29 heavy (non-hydrogen) atoms. The lowest BCUT2D eigenvalue weighted by atomic mass is 10.1. The van der Waals surface area contributed by atoms with Gasteiger partial charge in [0.25, 0.3) is 5.56 Å². The molecule has 3 aromatic rings. The second-order valence-corrected chi connectivity index (χ2v) is 7.63. The van der Waals surface area contributed by atoms with Crippen molar-refractivity contribution in [2.24, 2.45) is 7.05 Å². The molecule has 154 valence electrons. The molecule has 0 bridgehead atoms. The number of hydroxylamine groups is 1. The lowest BCUT2D eigenvalue weighted by Gasteiger charge is -2.23. The summed E-state index contributed by atoms with van der Waals surface area (Å²) in [4.78, 5) is 38.8. The second kappa shape index (κ2) is 8.14. The zero-order valence-corrected chi connectivity index (χ0v) is 17.2. The Morgan fingerprint density at radius 3 is 2.59 bits per heavy atom. The minimum atomic E-state index is -0.706. The van der Waals surface area contributed by atoms with E-state index in [4.69, 9.17) is 9.57 Å². The molecule has 0 aliphatic carbocycles. The van der Waals surface area contributed by atoms with Crippen LogP contribution in [0.3, 0.4) is 0 Å². The highest BCUT2D eigenvalue weighted by molar-refractivity contribution is 5.76. The van der Waals surface area contributed by atoms with Crippen LogP contribution in [0, 0.1) is 0 Å². The number of ether oxygens (including phenoxy) is 1. The first-order valence-corrected chi connectivity index (χ1v) is 9.20. The van der Waals surface area contributed by atoms with E-state index < -0.39 is 17.6 Å². The monoisotopic (exact) mass is 399 g/mol. The van der Waals surface area contributed by atoms with Crippen LogP contribution in [0.25, 0.3) is 16.7 Å². The normalized spacial score (nSPS) is 12.9. The van der Waals surface area contributed by atoms with Crippen LogP contribution in [0.1, 0.15) is 26.5 Å². The topological polar surface area (TPSA) is 100 Å². The molecule has 3 heterocycles. The van der Waals surface area contributed by atoms with Gasteiger partial charge in [0.15, 0.2) is 5.52 Å². The van der Waals surface area contributed by atoms with E-state index in [-0.39, 0.29) is 12.0 Å². The van der Waals surface area contributed by atoms with E-state index in [1.807, 2.05) is 26.8 Å². The molecule has 0 unspecified atom stereocenters. The Morgan fingerprint density at radius 1 is 1.24 bits per heavy atom. The average Bonchev–Trinajstić information content (AvgIpc) is 2.95. The molecule has 0 saturated heterocycles. The fourth-order valence-corrected chi connectivity index (χ4v) is 2.89. The van der Waals surface area contributed by atoms with Crippen LogP contribution in [0.15, 0.2) is 41.5 Å². The van der Waals surface area contributed by atoms with Gasteiger partial charge in [-0.2, -0.15) is 5.48 Å². The first kappa shape index (κ1) is 20.7. The third-order valence-corrected chi connectivity index (χ3v) is 4.29. The number of esters is 1. The number of nitrogens with one attached hydrogen (secondary N) is 1. The highest BCUT2D eigenvalue weighted by Gasteiger charge is 2.23. The van der Waals surface area contributed by atoms with E-state index >= 15 is 0 Å². The van der Waals surface area contributed by atoms with E-state index in [1.54, 1.807) is 42.3 Å². The first-order valence-electron chi connectivity index (χ1n) is 9.20. The number of carbonyl (C=O) groups is 1. The van der Waals surface area contributed by atoms with Crippen LogP contribution < -0.4 is 11.0 Å². The van der Waals surface area contributed by atoms with Gasteiger partial charge in [-0.1, -0.05) is 0 Å². The smallest absolute Gasteiger partial charge is 0.325 e. The van der Waals surface area contributed by atoms with Crippen molar-refractivity contribution in [3.63, 3.8) is 0 Å². The molecule has 0 amide bonds. The standard InChI is InChI=1S/C20H25N5O4/c1-20(2,3)29-23-15(19(27)28-5)11-13-8-9-14(12-22-13)25-18(26)17-16(24(25)4)7-6-10-21-17/h6-10,12,15,23H,11H2,1-5H3/t15-/m0/s1. The van der Waals surface area contributed by atoms with Gasteiger partial charge in [-0.05, 0) is 45.0 Å². The molecule has 0 aliphatic heterocycles. The van der Waals surface area contributed by atoms with Crippen molar-refractivity contribution in [3.8, 4) is 5.69 Å². The quantitative estimate of drug-likeness (QED) is 0.495. The molecule has 9 heteroatoms. The molecule has 1 atom stereocenters. The number of pyridine rings is 2. The minimum Gasteiger partial charge on any atom is -0.468 e. The molecule has 0 radical (unpaired) electrons. The maximum absolute atomic E-state index is 12.7. The van der Waals surface area contributed by atoms with Crippen molar-refractivity contribution in [1.82, 2.24) is 24.8 Å². The maximum Gasteiger partial charge on any atom is 0.325 e. The highest BCUT2D eigenvalue weighted by atomic mass is 16.7. The van der Waals surface area contributed by atoms with Crippen LogP contribution in [0.5, 0.6) is 0 Å². The summed E-state index contributed by atoms with van der Waals surface area (Å²) in [5, 5.41) is 0. The van der Waals surface area contributed by atoms with Crippen LogP contribution in [0.2, 0.25) is 0 Å². The van der Waals surface area contributed by atoms with Crippen molar-refractivity contribution >= 4 is 17.0 Å². The fraction of sp³-hybridized carbons (Fsp3) is 0.400.